The van der Waals surface area contributed by atoms with E-state index in [1.54, 1.807) is 0 Å². The van der Waals surface area contributed by atoms with Gasteiger partial charge in [0.2, 0.25) is 0 Å². The van der Waals surface area contributed by atoms with Gasteiger partial charge < -0.3 is 9.47 Å². The summed E-state index contributed by atoms with van der Waals surface area (Å²) in [5.41, 5.74) is 2.64. The normalized spacial score (nSPS) is 20.4. The average molecular weight is 234 g/mol. The van der Waals surface area contributed by atoms with Crippen molar-refractivity contribution in [3.05, 3.63) is 35.4 Å². The largest absolute Gasteiger partial charge is 0.353 e. The molecule has 1 heterocycles. The highest BCUT2D eigenvalue weighted by Gasteiger charge is 2.13. The molecule has 0 saturated carbocycles. The molecule has 17 heavy (non-hydrogen) atoms. The molecular formula is C15H22O2. The molecule has 2 rings (SSSR count). The second kappa shape index (κ2) is 6.77. The molecule has 0 N–H and O–H groups in total. The number of hydrogen-bond donors (Lipinski definition) is 0. The van der Waals surface area contributed by atoms with Crippen molar-refractivity contribution in [1.29, 1.82) is 0 Å². The third-order valence-electron chi connectivity index (χ3n) is 3.14. The Bertz CT molecular complexity index is 312. The Morgan fingerprint density at radius 3 is 2.59 bits per heavy atom. The lowest BCUT2D eigenvalue weighted by Gasteiger charge is -2.22. The van der Waals surface area contributed by atoms with Crippen molar-refractivity contribution in [2.45, 2.75) is 51.9 Å². The molecule has 0 aromatic heterocycles. The molecule has 0 spiro atoms. The molecule has 94 valence electrons. The molecule has 1 aliphatic heterocycles. The van der Waals surface area contributed by atoms with Gasteiger partial charge in [-0.15, -0.1) is 0 Å². The van der Waals surface area contributed by atoms with Crippen molar-refractivity contribution in [1.82, 2.24) is 0 Å². The van der Waals surface area contributed by atoms with Crippen LogP contribution in [0.5, 0.6) is 0 Å². The van der Waals surface area contributed by atoms with E-state index in [0.717, 1.165) is 19.4 Å². The van der Waals surface area contributed by atoms with Crippen LogP contribution in [0, 0.1) is 0 Å². The van der Waals surface area contributed by atoms with Gasteiger partial charge in [0.1, 0.15) is 0 Å². The Balaban J connectivity index is 1.77. The predicted octanol–water partition coefficient (Wildman–Crippen LogP) is 3.68. The molecule has 2 nitrogen and oxygen atoms in total. The summed E-state index contributed by atoms with van der Waals surface area (Å²) in [6.07, 6.45) is 5.80. The molecule has 1 saturated heterocycles. The van der Waals surface area contributed by atoms with Crippen LogP contribution in [-0.4, -0.2) is 12.9 Å². The van der Waals surface area contributed by atoms with Gasteiger partial charge in [-0.25, -0.2) is 0 Å². The van der Waals surface area contributed by atoms with Crippen molar-refractivity contribution >= 4 is 0 Å². The second-order valence-electron chi connectivity index (χ2n) is 4.67. The quantitative estimate of drug-likeness (QED) is 0.773. The zero-order chi connectivity index (χ0) is 11.9. The summed E-state index contributed by atoms with van der Waals surface area (Å²) < 4.78 is 11.3. The predicted molar refractivity (Wildman–Crippen MR) is 68.8 cm³/mol. The lowest BCUT2D eigenvalue weighted by Crippen LogP contribution is -2.21. The minimum Gasteiger partial charge on any atom is -0.353 e. The summed E-state index contributed by atoms with van der Waals surface area (Å²) in [6, 6.07) is 8.72. The number of ether oxygens (including phenoxy) is 2. The maximum absolute atomic E-state index is 5.75. The lowest BCUT2D eigenvalue weighted by atomic mass is 10.1. The van der Waals surface area contributed by atoms with Gasteiger partial charge in [0, 0.05) is 6.61 Å². The van der Waals surface area contributed by atoms with Crippen LogP contribution in [-0.2, 0) is 22.5 Å². The molecule has 1 aromatic carbocycles. The molecule has 1 atom stereocenters. The first-order chi connectivity index (χ1) is 8.38. The smallest absolute Gasteiger partial charge is 0.158 e. The maximum atomic E-state index is 5.75. The van der Waals surface area contributed by atoms with Crippen LogP contribution in [0.4, 0.5) is 0 Å². The first-order valence-electron chi connectivity index (χ1n) is 6.69. The van der Waals surface area contributed by atoms with Gasteiger partial charge in [-0.1, -0.05) is 37.6 Å². The molecule has 1 aromatic rings. The van der Waals surface area contributed by atoms with Gasteiger partial charge in [0.05, 0.1) is 6.61 Å². The van der Waals surface area contributed by atoms with Gasteiger partial charge in [-0.2, -0.15) is 0 Å². The Morgan fingerprint density at radius 1 is 1.18 bits per heavy atom. The Hall–Kier alpha value is -0.860. The molecule has 2 heteroatoms. The minimum atomic E-state index is 0.0130. The van der Waals surface area contributed by atoms with Crippen LogP contribution in [0.2, 0.25) is 0 Å². The third-order valence-corrected chi connectivity index (χ3v) is 3.14. The molecule has 0 radical (unpaired) electrons. The first kappa shape index (κ1) is 12.6. The highest BCUT2D eigenvalue weighted by Crippen LogP contribution is 2.16. The number of rotatable bonds is 5. The summed E-state index contributed by atoms with van der Waals surface area (Å²) in [7, 11) is 0. The standard InChI is InChI=1S/C15H22O2/c1-2-5-13-7-9-14(10-8-13)12-17-15-6-3-4-11-16-15/h7-10,15H,2-6,11-12H2,1H3. The zero-order valence-corrected chi connectivity index (χ0v) is 10.7. The van der Waals surface area contributed by atoms with Crippen molar-refractivity contribution in [2.75, 3.05) is 6.61 Å². The number of benzene rings is 1. The van der Waals surface area contributed by atoms with Crippen LogP contribution in [0.15, 0.2) is 24.3 Å². The van der Waals surface area contributed by atoms with Crippen LogP contribution in [0.1, 0.15) is 43.7 Å². The summed E-state index contributed by atoms with van der Waals surface area (Å²) in [4.78, 5) is 0. The van der Waals surface area contributed by atoms with Crippen LogP contribution >= 0.6 is 0 Å². The molecule has 0 amide bonds. The molecule has 0 aliphatic carbocycles. The monoisotopic (exact) mass is 234 g/mol. The van der Waals surface area contributed by atoms with Crippen molar-refractivity contribution in [2.24, 2.45) is 0 Å². The maximum Gasteiger partial charge on any atom is 0.158 e. The van der Waals surface area contributed by atoms with E-state index in [4.69, 9.17) is 9.47 Å². The summed E-state index contributed by atoms with van der Waals surface area (Å²) in [5, 5.41) is 0. The van der Waals surface area contributed by atoms with E-state index in [2.05, 4.69) is 31.2 Å². The topological polar surface area (TPSA) is 18.5 Å². The van der Waals surface area contributed by atoms with Gasteiger partial charge in [0.15, 0.2) is 6.29 Å². The molecule has 1 unspecified atom stereocenters. The molecule has 1 aliphatic rings. The lowest BCUT2D eigenvalue weighted by molar-refractivity contribution is -0.168. The van der Waals surface area contributed by atoms with Crippen molar-refractivity contribution in [3.63, 3.8) is 0 Å². The van der Waals surface area contributed by atoms with E-state index in [9.17, 15) is 0 Å². The van der Waals surface area contributed by atoms with Crippen LogP contribution in [0.25, 0.3) is 0 Å². The van der Waals surface area contributed by atoms with E-state index in [0.29, 0.717) is 6.61 Å². The van der Waals surface area contributed by atoms with E-state index in [1.807, 2.05) is 0 Å². The number of aryl methyl sites for hydroxylation is 1. The third kappa shape index (κ3) is 4.14. The fourth-order valence-electron chi connectivity index (χ4n) is 2.12. The molecule has 1 fully saturated rings. The minimum absolute atomic E-state index is 0.0130. The van der Waals surface area contributed by atoms with Crippen molar-refractivity contribution < 1.29 is 9.47 Å². The van der Waals surface area contributed by atoms with E-state index in [-0.39, 0.29) is 6.29 Å². The summed E-state index contributed by atoms with van der Waals surface area (Å²) >= 11 is 0. The van der Waals surface area contributed by atoms with Gasteiger partial charge in [0.25, 0.3) is 0 Å². The van der Waals surface area contributed by atoms with E-state index < -0.39 is 0 Å². The Labute approximate surface area is 104 Å². The van der Waals surface area contributed by atoms with Crippen LogP contribution in [0.3, 0.4) is 0 Å². The Morgan fingerprint density at radius 2 is 1.94 bits per heavy atom. The highest BCUT2D eigenvalue weighted by atomic mass is 16.7. The van der Waals surface area contributed by atoms with Crippen LogP contribution < -0.4 is 0 Å². The second-order valence-corrected chi connectivity index (χ2v) is 4.67. The zero-order valence-electron chi connectivity index (χ0n) is 10.7. The molecular weight excluding hydrogens is 212 g/mol. The van der Waals surface area contributed by atoms with E-state index >= 15 is 0 Å². The highest BCUT2D eigenvalue weighted by molar-refractivity contribution is 5.22. The average Bonchev–Trinajstić information content (AvgIpc) is 2.40. The summed E-state index contributed by atoms with van der Waals surface area (Å²) in [5.74, 6) is 0. The fourth-order valence-corrected chi connectivity index (χ4v) is 2.12. The SMILES string of the molecule is CCCc1ccc(COC2CCCCO2)cc1. The Kier molecular flexibility index (Phi) is 5.02. The number of hydrogen-bond acceptors (Lipinski definition) is 2. The van der Waals surface area contributed by atoms with E-state index in [1.165, 1.54) is 30.4 Å². The molecule has 0 bridgehead atoms. The summed E-state index contributed by atoms with van der Waals surface area (Å²) in [6.45, 7) is 3.72. The van der Waals surface area contributed by atoms with Crippen molar-refractivity contribution in [3.8, 4) is 0 Å². The first-order valence-corrected chi connectivity index (χ1v) is 6.69. The van der Waals surface area contributed by atoms with Gasteiger partial charge in [-0.05, 0) is 36.8 Å². The fraction of sp³-hybridized carbons (Fsp3) is 0.600. The van der Waals surface area contributed by atoms with Gasteiger partial charge in [-0.3, -0.25) is 0 Å². The van der Waals surface area contributed by atoms with Gasteiger partial charge >= 0.3 is 0 Å².